The van der Waals surface area contributed by atoms with E-state index in [0.29, 0.717) is 12.2 Å². The van der Waals surface area contributed by atoms with E-state index in [1.807, 2.05) is 30.3 Å². The summed E-state index contributed by atoms with van der Waals surface area (Å²) < 4.78 is 0. The van der Waals surface area contributed by atoms with Crippen molar-refractivity contribution < 1.29 is 4.79 Å². The Morgan fingerprint density at radius 2 is 1.26 bits per heavy atom. The third-order valence-corrected chi connectivity index (χ3v) is 6.54. The predicted molar refractivity (Wildman–Crippen MR) is 117 cm³/mol. The fourth-order valence-electron chi connectivity index (χ4n) is 4.69. The summed E-state index contributed by atoms with van der Waals surface area (Å²) in [6.07, 6.45) is 21.7. The summed E-state index contributed by atoms with van der Waals surface area (Å²) >= 11 is 0. The maximum Gasteiger partial charge on any atom is 0.162 e. The molecule has 1 saturated carbocycles. The smallest absolute Gasteiger partial charge is 0.162 e. The molecule has 1 aromatic carbocycles. The van der Waals surface area contributed by atoms with Gasteiger partial charge in [-0.05, 0) is 18.3 Å². The minimum atomic E-state index is 0.309. The minimum absolute atomic E-state index is 0.309. The minimum Gasteiger partial charge on any atom is -0.294 e. The molecule has 0 unspecified atom stereocenters. The maximum absolute atomic E-state index is 12.1. The first-order chi connectivity index (χ1) is 13.3. The first kappa shape index (κ1) is 22.2. The highest BCUT2D eigenvalue weighted by Gasteiger charge is 2.20. The van der Waals surface area contributed by atoms with E-state index in [9.17, 15) is 4.79 Å². The van der Waals surface area contributed by atoms with Crippen molar-refractivity contribution in [1.29, 1.82) is 0 Å². The fourth-order valence-corrected chi connectivity index (χ4v) is 4.69. The molecule has 1 heteroatoms. The lowest BCUT2D eigenvalue weighted by Gasteiger charge is -2.28. The molecule has 1 aliphatic carbocycles. The van der Waals surface area contributed by atoms with E-state index in [1.165, 1.54) is 89.9 Å². The van der Waals surface area contributed by atoms with Gasteiger partial charge in [-0.2, -0.15) is 0 Å². The number of hydrogen-bond acceptors (Lipinski definition) is 1. The van der Waals surface area contributed by atoms with Gasteiger partial charge in [0.2, 0.25) is 0 Å². The van der Waals surface area contributed by atoms with Crippen molar-refractivity contribution in [2.45, 2.75) is 110 Å². The molecule has 0 atom stereocenters. The zero-order valence-electron chi connectivity index (χ0n) is 17.8. The van der Waals surface area contributed by atoms with Gasteiger partial charge in [-0.15, -0.1) is 0 Å². The van der Waals surface area contributed by atoms with Gasteiger partial charge in [0.05, 0.1) is 0 Å². The highest BCUT2D eigenvalue weighted by atomic mass is 16.1. The zero-order chi connectivity index (χ0) is 19.2. The van der Waals surface area contributed by atoms with Crippen LogP contribution in [-0.4, -0.2) is 5.78 Å². The number of carbonyl (C=O) groups excluding carboxylic acids is 1. The molecule has 0 N–H and O–H groups in total. The number of hydrogen-bond donors (Lipinski definition) is 0. The number of benzene rings is 1. The van der Waals surface area contributed by atoms with Crippen LogP contribution in [0.5, 0.6) is 0 Å². The van der Waals surface area contributed by atoms with E-state index in [1.54, 1.807) is 0 Å². The van der Waals surface area contributed by atoms with Crippen molar-refractivity contribution in [3.8, 4) is 0 Å². The third-order valence-electron chi connectivity index (χ3n) is 6.54. The summed E-state index contributed by atoms with van der Waals surface area (Å²) in [7, 11) is 0. The molecule has 1 aromatic rings. The molecule has 0 aliphatic heterocycles. The van der Waals surface area contributed by atoms with Gasteiger partial charge in [-0.3, -0.25) is 4.79 Å². The van der Waals surface area contributed by atoms with Crippen LogP contribution in [0.25, 0.3) is 0 Å². The van der Waals surface area contributed by atoms with Gasteiger partial charge in [0.1, 0.15) is 0 Å². The largest absolute Gasteiger partial charge is 0.294 e. The van der Waals surface area contributed by atoms with E-state index >= 15 is 0 Å². The molecular formula is C26H42O. The number of ketones is 1. The van der Waals surface area contributed by atoms with Crippen LogP contribution >= 0.6 is 0 Å². The average molecular weight is 371 g/mol. The van der Waals surface area contributed by atoms with Gasteiger partial charge < -0.3 is 0 Å². The molecule has 1 nitrogen and oxygen atoms in total. The Hall–Kier alpha value is -1.11. The molecule has 27 heavy (non-hydrogen) atoms. The Morgan fingerprint density at radius 1 is 0.741 bits per heavy atom. The van der Waals surface area contributed by atoms with E-state index in [-0.39, 0.29) is 0 Å². The highest BCUT2D eigenvalue weighted by Crippen LogP contribution is 2.34. The van der Waals surface area contributed by atoms with E-state index in [4.69, 9.17) is 0 Å². The van der Waals surface area contributed by atoms with E-state index < -0.39 is 0 Å². The zero-order valence-corrected chi connectivity index (χ0v) is 17.8. The Morgan fingerprint density at radius 3 is 1.81 bits per heavy atom. The number of unbranched alkanes of at least 4 members (excludes halogenated alkanes) is 7. The Bertz CT molecular complexity index is 484. The maximum atomic E-state index is 12.1. The first-order valence-corrected chi connectivity index (χ1v) is 11.9. The van der Waals surface area contributed by atoms with Gasteiger partial charge in [-0.1, -0.05) is 127 Å². The lowest BCUT2D eigenvalue weighted by molar-refractivity contribution is 0.0979. The standard InChI is InChI=1S/C26H42O/c1-2-3-4-5-9-14-23-19-21-24(22-20-23)15-10-6-7-13-18-26(27)25-16-11-8-12-17-25/h8,11-12,16-17,23-24H,2-7,9-10,13-15,18-22H2,1H3. The van der Waals surface area contributed by atoms with Crippen molar-refractivity contribution in [2.24, 2.45) is 11.8 Å². The van der Waals surface area contributed by atoms with E-state index in [2.05, 4.69) is 6.92 Å². The summed E-state index contributed by atoms with van der Waals surface area (Å²) in [4.78, 5) is 12.1. The molecule has 152 valence electrons. The van der Waals surface area contributed by atoms with Gasteiger partial charge in [0.25, 0.3) is 0 Å². The molecule has 0 bridgehead atoms. The number of rotatable bonds is 14. The van der Waals surface area contributed by atoms with Crippen LogP contribution in [0.4, 0.5) is 0 Å². The van der Waals surface area contributed by atoms with Crippen molar-refractivity contribution >= 4 is 5.78 Å². The highest BCUT2D eigenvalue weighted by molar-refractivity contribution is 5.95. The lowest BCUT2D eigenvalue weighted by atomic mass is 9.78. The quantitative estimate of drug-likeness (QED) is 0.237. The molecular weight excluding hydrogens is 328 g/mol. The molecule has 0 radical (unpaired) electrons. The van der Waals surface area contributed by atoms with Crippen LogP contribution in [0.1, 0.15) is 120 Å². The molecule has 1 fully saturated rings. The number of carbonyl (C=O) groups is 1. The molecule has 0 aromatic heterocycles. The van der Waals surface area contributed by atoms with Crippen LogP contribution in [-0.2, 0) is 0 Å². The predicted octanol–water partition coefficient (Wildman–Crippen LogP) is 8.38. The van der Waals surface area contributed by atoms with Gasteiger partial charge >= 0.3 is 0 Å². The second kappa shape index (κ2) is 14.0. The second-order valence-corrected chi connectivity index (χ2v) is 8.83. The first-order valence-electron chi connectivity index (χ1n) is 11.9. The number of Topliss-reactive ketones (excluding diaryl/α,β-unsaturated/α-hetero) is 1. The van der Waals surface area contributed by atoms with Crippen LogP contribution < -0.4 is 0 Å². The lowest BCUT2D eigenvalue weighted by Crippen LogP contribution is -2.14. The fraction of sp³-hybridized carbons (Fsp3) is 0.731. The molecule has 0 amide bonds. The monoisotopic (exact) mass is 370 g/mol. The Balaban J connectivity index is 1.43. The molecule has 0 heterocycles. The van der Waals surface area contributed by atoms with Crippen molar-refractivity contribution in [3.63, 3.8) is 0 Å². The topological polar surface area (TPSA) is 17.1 Å². The van der Waals surface area contributed by atoms with Crippen LogP contribution in [0.15, 0.2) is 30.3 Å². The van der Waals surface area contributed by atoms with Gasteiger partial charge in [0.15, 0.2) is 5.78 Å². The molecule has 0 saturated heterocycles. The SMILES string of the molecule is CCCCCCCC1CCC(CCCCCCC(=O)c2ccccc2)CC1. The van der Waals surface area contributed by atoms with Crippen LogP contribution in [0, 0.1) is 11.8 Å². The summed E-state index contributed by atoms with van der Waals surface area (Å²) in [5, 5.41) is 0. The van der Waals surface area contributed by atoms with Gasteiger partial charge in [0, 0.05) is 12.0 Å². The second-order valence-electron chi connectivity index (χ2n) is 8.83. The summed E-state index contributed by atoms with van der Waals surface area (Å²) in [6.45, 7) is 2.30. The average Bonchev–Trinajstić information content (AvgIpc) is 2.72. The molecule has 1 aliphatic rings. The summed E-state index contributed by atoms with van der Waals surface area (Å²) in [5.41, 5.74) is 0.875. The molecule has 2 rings (SSSR count). The van der Waals surface area contributed by atoms with Crippen molar-refractivity contribution in [1.82, 2.24) is 0 Å². The Kier molecular flexibility index (Phi) is 11.5. The van der Waals surface area contributed by atoms with Crippen molar-refractivity contribution in [3.05, 3.63) is 35.9 Å². The van der Waals surface area contributed by atoms with Crippen molar-refractivity contribution in [2.75, 3.05) is 0 Å². The molecule has 0 spiro atoms. The normalized spacial score (nSPS) is 19.9. The van der Waals surface area contributed by atoms with Gasteiger partial charge in [-0.25, -0.2) is 0 Å². The summed E-state index contributed by atoms with van der Waals surface area (Å²) in [5.74, 6) is 2.34. The Labute approximate surface area is 168 Å². The third kappa shape index (κ3) is 9.58. The summed E-state index contributed by atoms with van der Waals surface area (Å²) in [6, 6.07) is 9.74. The van der Waals surface area contributed by atoms with E-state index in [0.717, 1.165) is 23.8 Å². The van der Waals surface area contributed by atoms with Crippen LogP contribution in [0.2, 0.25) is 0 Å². The van der Waals surface area contributed by atoms with Crippen LogP contribution in [0.3, 0.4) is 0 Å².